The van der Waals surface area contributed by atoms with Crippen molar-refractivity contribution in [3.8, 4) is 0 Å². The predicted molar refractivity (Wildman–Crippen MR) is 104 cm³/mol. The van der Waals surface area contributed by atoms with Gasteiger partial charge < -0.3 is 5.32 Å². The Morgan fingerprint density at radius 3 is 2.22 bits per heavy atom. The molecule has 0 aromatic heterocycles. The zero-order valence-corrected chi connectivity index (χ0v) is 15.3. The fourth-order valence-corrected chi connectivity index (χ4v) is 4.05. The molecule has 3 amide bonds. The van der Waals surface area contributed by atoms with E-state index >= 15 is 0 Å². The molecule has 1 N–H and O–H groups in total. The minimum atomic E-state index is -0.222. The number of nitrogens with zero attached hydrogens (tertiary/aromatic N) is 1. The molecule has 2 fully saturated rings. The van der Waals surface area contributed by atoms with E-state index in [1.165, 1.54) is 4.90 Å². The lowest BCUT2D eigenvalue weighted by Gasteiger charge is -2.19. The van der Waals surface area contributed by atoms with E-state index in [1.807, 2.05) is 19.1 Å². The van der Waals surface area contributed by atoms with E-state index in [4.69, 9.17) is 0 Å². The minimum absolute atomic E-state index is 0.105. The Morgan fingerprint density at radius 1 is 0.963 bits per heavy atom. The van der Waals surface area contributed by atoms with Gasteiger partial charge in [0.1, 0.15) is 0 Å². The summed E-state index contributed by atoms with van der Waals surface area (Å²) in [6, 6.07) is 14.3. The molecular weight excluding hydrogens is 340 g/mol. The highest BCUT2D eigenvalue weighted by atomic mass is 16.2. The molecule has 138 valence electrons. The number of aryl methyl sites for hydroxylation is 1. The highest BCUT2D eigenvalue weighted by Crippen LogP contribution is 2.40. The average molecular weight is 362 g/mol. The van der Waals surface area contributed by atoms with Crippen molar-refractivity contribution in [2.24, 2.45) is 11.8 Å². The van der Waals surface area contributed by atoms with Crippen LogP contribution in [0.5, 0.6) is 0 Å². The number of nitrogens with one attached hydrogen (secondary N) is 1. The van der Waals surface area contributed by atoms with E-state index in [0.29, 0.717) is 16.9 Å². The van der Waals surface area contributed by atoms with Crippen LogP contribution in [0.3, 0.4) is 0 Å². The number of rotatable bonds is 3. The smallest absolute Gasteiger partial charge is 0.255 e. The van der Waals surface area contributed by atoms with Gasteiger partial charge in [-0.25, -0.2) is 4.90 Å². The van der Waals surface area contributed by atoms with Crippen molar-refractivity contribution in [3.05, 3.63) is 59.7 Å². The molecule has 0 spiro atoms. The Labute approximate surface area is 158 Å². The van der Waals surface area contributed by atoms with E-state index in [0.717, 1.165) is 31.2 Å². The van der Waals surface area contributed by atoms with Crippen LogP contribution in [0.15, 0.2) is 48.5 Å². The maximum absolute atomic E-state index is 12.8. The van der Waals surface area contributed by atoms with Gasteiger partial charge in [-0.2, -0.15) is 0 Å². The van der Waals surface area contributed by atoms with Crippen LogP contribution in [0.4, 0.5) is 11.4 Å². The van der Waals surface area contributed by atoms with Gasteiger partial charge in [0.25, 0.3) is 5.91 Å². The van der Waals surface area contributed by atoms with Crippen LogP contribution in [0.2, 0.25) is 0 Å². The van der Waals surface area contributed by atoms with Crippen LogP contribution in [0, 0.1) is 18.8 Å². The molecule has 1 aliphatic heterocycles. The normalized spacial score (nSPS) is 21.9. The van der Waals surface area contributed by atoms with Gasteiger partial charge in [0.05, 0.1) is 17.5 Å². The van der Waals surface area contributed by atoms with Crippen molar-refractivity contribution < 1.29 is 14.4 Å². The summed E-state index contributed by atoms with van der Waals surface area (Å²) in [5.74, 6) is -0.799. The van der Waals surface area contributed by atoms with E-state index < -0.39 is 0 Å². The first-order valence-corrected chi connectivity index (χ1v) is 9.40. The number of imide groups is 1. The second-order valence-electron chi connectivity index (χ2n) is 7.38. The second-order valence-corrected chi connectivity index (χ2v) is 7.38. The lowest BCUT2D eigenvalue weighted by molar-refractivity contribution is -0.122. The van der Waals surface area contributed by atoms with Crippen molar-refractivity contribution in [2.75, 3.05) is 10.2 Å². The molecule has 4 rings (SSSR count). The van der Waals surface area contributed by atoms with E-state index in [9.17, 15) is 14.4 Å². The standard InChI is InChI=1S/C22H22N2O3/c1-14-9-11-15(12-10-14)20(25)23-16-5-4-6-17(13-16)24-21(26)18-7-2-3-8-19(18)22(24)27/h4-6,9-13,18-19H,2-3,7-8H2,1H3,(H,23,25)/t18-,19-/m1/s1. The van der Waals surface area contributed by atoms with Gasteiger partial charge >= 0.3 is 0 Å². The van der Waals surface area contributed by atoms with Crippen LogP contribution in [-0.2, 0) is 9.59 Å². The van der Waals surface area contributed by atoms with Gasteiger partial charge in [-0.05, 0) is 50.1 Å². The molecule has 27 heavy (non-hydrogen) atoms. The summed E-state index contributed by atoms with van der Waals surface area (Å²) < 4.78 is 0. The van der Waals surface area contributed by atoms with Gasteiger partial charge in [0.2, 0.25) is 11.8 Å². The molecule has 5 nitrogen and oxygen atoms in total. The van der Waals surface area contributed by atoms with Gasteiger partial charge in [0.15, 0.2) is 0 Å². The largest absolute Gasteiger partial charge is 0.322 e. The first-order chi connectivity index (χ1) is 13.0. The molecule has 5 heteroatoms. The van der Waals surface area contributed by atoms with E-state index in [1.54, 1.807) is 36.4 Å². The summed E-state index contributed by atoms with van der Waals surface area (Å²) in [5, 5.41) is 2.85. The van der Waals surface area contributed by atoms with Crippen LogP contribution in [0.1, 0.15) is 41.6 Å². The summed E-state index contributed by atoms with van der Waals surface area (Å²) in [4.78, 5) is 39.3. The van der Waals surface area contributed by atoms with Crippen molar-refractivity contribution in [1.29, 1.82) is 0 Å². The summed E-state index contributed by atoms with van der Waals surface area (Å²) in [7, 11) is 0. The molecule has 1 saturated carbocycles. The summed E-state index contributed by atoms with van der Waals surface area (Å²) in [5.41, 5.74) is 2.74. The summed E-state index contributed by atoms with van der Waals surface area (Å²) in [6.45, 7) is 1.97. The van der Waals surface area contributed by atoms with Gasteiger partial charge in [0, 0.05) is 11.3 Å². The van der Waals surface area contributed by atoms with E-state index in [2.05, 4.69) is 5.32 Å². The number of benzene rings is 2. The fourth-order valence-electron chi connectivity index (χ4n) is 4.05. The number of fused-ring (bicyclic) bond motifs is 1. The fraction of sp³-hybridized carbons (Fsp3) is 0.318. The van der Waals surface area contributed by atoms with Gasteiger partial charge in [-0.3, -0.25) is 14.4 Å². The third-order valence-corrected chi connectivity index (χ3v) is 5.52. The SMILES string of the molecule is Cc1ccc(C(=O)Nc2cccc(N3C(=O)[C@@H]4CCCC[C@H]4C3=O)c2)cc1. The first kappa shape index (κ1) is 17.5. The third-order valence-electron chi connectivity index (χ3n) is 5.52. The highest BCUT2D eigenvalue weighted by Gasteiger charge is 2.48. The number of amides is 3. The number of hydrogen-bond donors (Lipinski definition) is 1. The van der Waals surface area contributed by atoms with Crippen molar-refractivity contribution in [2.45, 2.75) is 32.6 Å². The molecule has 1 saturated heterocycles. The number of hydrogen-bond acceptors (Lipinski definition) is 3. The molecule has 2 atom stereocenters. The molecule has 0 unspecified atom stereocenters. The Bertz CT molecular complexity index is 880. The maximum Gasteiger partial charge on any atom is 0.255 e. The van der Waals surface area contributed by atoms with Crippen LogP contribution in [-0.4, -0.2) is 17.7 Å². The third kappa shape index (κ3) is 3.25. The lowest BCUT2D eigenvalue weighted by atomic mass is 9.81. The zero-order valence-electron chi connectivity index (χ0n) is 15.3. The van der Waals surface area contributed by atoms with Crippen molar-refractivity contribution >= 4 is 29.1 Å². The number of carbonyl (C=O) groups excluding carboxylic acids is 3. The Hall–Kier alpha value is -2.95. The Morgan fingerprint density at radius 2 is 1.59 bits per heavy atom. The molecular formula is C22H22N2O3. The van der Waals surface area contributed by atoms with Crippen LogP contribution >= 0.6 is 0 Å². The Balaban J connectivity index is 1.56. The number of anilines is 2. The van der Waals surface area contributed by atoms with Crippen molar-refractivity contribution in [3.63, 3.8) is 0 Å². The quantitative estimate of drug-likeness (QED) is 0.842. The monoisotopic (exact) mass is 362 g/mol. The summed E-state index contributed by atoms with van der Waals surface area (Å²) >= 11 is 0. The van der Waals surface area contributed by atoms with Gasteiger partial charge in [-0.1, -0.05) is 36.6 Å². The topological polar surface area (TPSA) is 66.5 Å². The molecule has 0 bridgehead atoms. The van der Waals surface area contributed by atoms with Gasteiger partial charge in [-0.15, -0.1) is 0 Å². The average Bonchev–Trinajstić information content (AvgIpc) is 2.93. The van der Waals surface area contributed by atoms with Crippen LogP contribution in [0.25, 0.3) is 0 Å². The first-order valence-electron chi connectivity index (χ1n) is 9.40. The van der Waals surface area contributed by atoms with Crippen LogP contribution < -0.4 is 10.2 Å². The zero-order chi connectivity index (χ0) is 19.0. The van der Waals surface area contributed by atoms with Crippen molar-refractivity contribution in [1.82, 2.24) is 0 Å². The number of carbonyl (C=O) groups is 3. The maximum atomic E-state index is 12.8. The highest BCUT2D eigenvalue weighted by molar-refractivity contribution is 6.22. The molecule has 0 radical (unpaired) electrons. The molecule has 1 heterocycles. The molecule has 2 aromatic rings. The Kier molecular flexibility index (Phi) is 4.52. The second kappa shape index (κ2) is 6.99. The minimum Gasteiger partial charge on any atom is -0.322 e. The lowest BCUT2D eigenvalue weighted by Crippen LogP contribution is -2.30. The van der Waals surface area contributed by atoms with E-state index in [-0.39, 0.29) is 29.6 Å². The summed E-state index contributed by atoms with van der Waals surface area (Å²) in [6.07, 6.45) is 3.58. The molecule has 1 aliphatic carbocycles. The predicted octanol–water partition coefficient (Wildman–Crippen LogP) is 3.93. The molecule has 2 aliphatic rings. The molecule has 2 aromatic carbocycles.